The number of hydrazine groups is 1. The van der Waals surface area contributed by atoms with Crippen LogP contribution in [0.2, 0.25) is 0 Å². The molecule has 1 fully saturated rings. The van der Waals surface area contributed by atoms with Gasteiger partial charge in [-0.1, -0.05) is 0 Å². The van der Waals surface area contributed by atoms with Gasteiger partial charge in [-0.3, -0.25) is 5.43 Å². The highest BCUT2D eigenvalue weighted by molar-refractivity contribution is 5.42. The van der Waals surface area contributed by atoms with Crippen molar-refractivity contribution in [2.24, 2.45) is 11.8 Å². The van der Waals surface area contributed by atoms with Crippen LogP contribution in [0.3, 0.4) is 0 Å². The topological polar surface area (TPSA) is 112 Å². The zero-order valence-corrected chi connectivity index (χ0v) is 12.0. The van der Waals surface area contributed by atoms with Crippen LogP contribution in [0.25, 0.3) is 0 Å². The Labute approximate surface area is 118 Å². The van der Waals surface area contributed by atoms with Crippen LogP contribution in [0, 0.1) is 5.92 Å². The molecule has 0 radical (unpaired) electrons. The van der Waals surface area contributed by atoms with Gasteiger partial charge in [-0.25, -0.2) is 5.84 Å². The molecule has 1 aliphatic carbocycles. The molecule has 0 amide bonds. The number of aliphatic hydroxyl groups is 1. The molecule has 1 aromatic heterocycles. The molecule has 0 bridgehead atoms. The largest absolute Gasteiger partial charge is 0.393 e. The lowest BCUT2D eigenvalue weighted by Crippen LogP contribution is -2.25. The standard InChI is InChI=1S/C12H23N7O/c1-19(2)12-16-10(15-11(17-12)18-13)14-7-8-3-5-9(20)6-4-8/h8-9,20H,3-7,13H2,1-2H3,(H2,14,15,16,17,18). The number of nitrogens with zero attached hydrogens (tertiary/aromatic N) is 4. The van der Waals surface area contributed by atoms with Crippen molar-refractivity contribution in [3.8, 4) is 0 Å². The van der Waals surface area contributed by atoms with E-state index in [9.17, 15) is 5.11 Å². The number of anilines is 3. The summed E-state index contributed by atoms with van der Waals surface area (Å²) < 4.78 is 0. The molecule has 0 spiro atoms. The molecule has 8 nitrogen and oxygen atoms in total. The maximum Gasteiger partial charge on any atom is 0.243 e. The van der Waals surface area contributed by atoms with Crippen molar-refractivity contribution in [3.05, 3.63) is 0 Å². The number of rotatable bonds is 5. The Morgan fingerprint density at radius 3 is 2.40 bits per heavy atom. The summed E-state index contributed by atoms with van der Waals surface area (Å²) in [6, 6.07) is 0. The summed E-state index contributed by atoms with van der Waals surface area (Å²) in [6.45, 7) is 0.799. The highest BCUT2D eigenvalue weighted by Gasteiger charge is 2.19. The second-order valence-corrected chi connectivity index (χ2v) is 5.38. The second kappa shape index (κ2) is 6.67. The van der Waals surface area contributed by atoms with E-state index in [1.165, 1.54) is 0 Å². The molecular weight excluding hydrogens is 258 g/mol. The summed E-state index contributed by atoms with van der Waals surface area (Å²) in [7, 11) is 3.73. The zero-order valence-electron chi connectivity index (χ0n) is 12.0. The van der Waals surface area contributed by atoms with Crippen LogP contribution in [-0.2, 0) is 0 Å². The lowest BCUT2D eigenvalue weighted by atomic mass is 9.87. The van der Waals surface area contributed by atoms with E-state index in [0.717, 1.165) is 32.2 Å². The van der Waals surface area contributed by atoms with E-state index >= 15 is 0 Å². The lowest BCUT2D eigenvalue weighted by molar-refractivity contribution is 0.111. The summed E-state index contributed by atoms with van der Waals surface area (Å²) in [5.41, 5.74) is 2.44. The summed E-state index contributed by atoms with van der Waals surface area (Å²) in [6.07, 6.45) is 3.69. The Balaban J connectivity index is 1.96. The minimum absolute atomic E-state index is 0.128. The van der Waals surface area contributed by atoms with Gasteiger partial charge in [-0.15, -0.1) is 0 Å². The molecule has 1 saturated carbocycles. The molecule has 1 aliphatic rings. The third-order valence-electron chi connectivity index (χ3n) is 3.52. The molecule has 2 rings (SSSR count). The second-order valence-electron chi connectivity index (χ2n) is 5.38. The van der Waals surface area contributed by atoms with Crippen molar-refractivity contribution in [1.82, 2.24) is 15.0 Å². The molecule has 0 atom stereocenters. The summed E-state index contributed by atoms with van der Waals surface area (Å²) in [5, 5.41) is 12.7. The van der Waals surface area contributed by atoms with Gasteiger partial charge in [0.15, 0.2) is 0 Å². The van der Waals surface area contributed by atoms with Gasteiger partial charge in [0.1, 0.15) is 0 Å². The van der Waals surface area contributed by atoms with Gasteiger partial charge in [0, 0.05) is 20.6 Å². The van der Waals surface area contributed by atoms with Crippen LogP contribution in [0.4, 0.5) is 17.8 Å². The van der Waals surface area contributed by atoms with Crippen LogP contribution in [-0.4, -0.2) is 46.8 Å². The Morgan fingerprint density at radius 2 is 1.80 bits per heavy atom. The summed E-state index contributed by atoms with van der Waals surface area (Å²) in [5.74, 6) is 7.32. The smallest absolute Gasteiger partial charge is 0.243 e. The first kappa shape index (κ1) is 14.7. The van der Waals surface area contributed by atoms with Crippen molar-refractivity contribution < 1.29 is 5.11 Å². The van der Waals surface area contributed by atoms with Gasteiger partial charge < -0.3 is 15.3 Å². The van der Waals surface area contributed by atoms with Crippen molar-refractivity contribution in [2.45, 2.75) is 31.8 Å². The van der Waals surface area contributed by atoms with Crippen LogP contribution < -0.4 is 21.5 Å². The molecular formula is C12H23N7O. The molecule has 1 heterocycles. The highest BCUT2D eigenvalue weighted by Crippen LogP contribution is 2.24. The van der Waals surface area contributed by atoms with E-state index in [1.807, 2.05) is 14.1 Å². The fraction of sp³-hybridized carbons (Fsp3) is 0.750. The minimum Gasteiger partial charge on any atom is -0.393 e. The molecule has 0 unspecified atom stereocenters. The number of aromatic nitrogens is 3. The minimum atomic E-state index is -0.128. The first-order valence-electron chi connectivity index (χ1n) is 6.90. The average molecular weight is 281 g/mol. The van der Waals surface area contributed by atoms with Gasteiger partial charge in [-0.2, -0.15) is 15.0 Å². The van der Waals surface area contributed by atoms with Crippen LogP contribution in [0.5, 0.6) is 0 Å². The Morgan fingerprint density at radius 1 is 1.15 bits per heavy atom. The van der Waals surface area contributed by atoms with Crippen molar-refractivity contribution in [1.29, 1.82) is 0 Å². The monoisotopic (exact) mass is 281 g/mol. The van der Waals surface area contributed by atoms with E-state index in [2.05, 4.69) is 25.7 Å². The molecule has 112 valence electrons. The first-order valence-corrected chi connectivity index (χ1v) is 6.90. The average Bonchev–Trinajstić information content (AvgIpc) is 2.46. The van der Waals surface area contributed by atoms with E-state index in [-0.39, 0.29) is 6.10 Å². The molecule has 0 aromatic carbocycles. The Bertz CT molecular complexity index is 432. The molecule has 20 heavy (non-hydrogen) atoms. The van der Waals surface area contributed by atoms with Crippen LogP contribution >= 0.6 is 0 Å². The number of nitrogens with two attached hydrogens (primary N) is 1. The van der Waals surface area contributed by atoms with Gasteiger partial charge in [0.25, 0.3) is 0 Å². The molecule has 8 heteroatoms. The molecule has 0 saturated heterocycles. The SMILES string of the molecule is CN(C)c1nc(NN)nc(NCC2CCC(O)CC2)n1. The van der Waals surface area contributed by atoms with Crippen molar-refractivity contribution in [2.75, 3.05) is 36.3 Å². The Kier molecular flexibility index (Phi) is 4.91. The normalized spacial score (nSPS) is 22.4. The predicted molar refractivity (Wildman–Crippen MR) is 78.4 cm³/mol. The van der Waals surface area contributed by atoms with Crippen LogP contribution in [0.15, 0.2) is 0 Å². The van der Waals surface area contributed by atoms with Gasteiger partial charge in [-0.05, 0) is 31.6 Å². The van der Waals surface area contributed by atoms with Gasteiger partial charge in [0.05, 0.1) is 6.10 Å². The van der Waals surface area contributed by atoms with Gasteiger partial charge >= 0.3 is 0 Å². The van der Waals surface area contributed by atoms with Crippen LogP contribution in [0.1, 0.15) is 25.7 Å². The summed E-state index contributed by atoms with van der Waals surface area (Å²) in [4.78, 5) is 14.5. The maximum absolute atomic E-state index is 9.50. The van der Waals surface area contributed by atoms with Crippen molar-refractivity contribution >= 4 is 17.8 Å². The van der Waals surface area contributed by atoms with E-state index in [0.29, 0.717) is 23.8 Å². The fourth-order valence-corrected chi connectivity index (χ4v) is 2.29. The highest BCUT2D eigenvalue weighted by atomic mass is 16.3. The maximum atomic E-state index is 9.50. The van der Waals surface area contributed by atoms with Gasteiger partial charge in [0.2, 0.25) is 17.8 Å². The number of hydrogen-bond acceptors (Lipinski definition) is 8. The number of aliphatic hydroxyl groups excluding tert-OH is 1. The molecule has 5 N–H and O–H groups in total. The van der Waals surface area contributed by atoms with E-state index in [4.69, 9.17) is 5.84 Å². The number of hydrogen-bond donors (Lipinski definition) is 4. The first-order chi connectivity index (χ1) is 9.58. The quantitative estimate of drug-likeness (QED) is 0.447. The summed E-state index contributed by atoms with van der Waals surface area (Å²) >= 11 is 0. The predicted octanol–water partition coefficient (Wildman–Crippen LogP) is 0.186. The molecule has 1 aromatic rings. The van der Waals surface area contributed by atoms with E-state index in [1.54, 1.807) is 4.90 Å². The fourth-order valence-electron chi connectivity index (χ4n) is 2.29. The molecule has 0 aliphatic heterocycles. The number of nitrogens with one attached hydrogen (secondary N) is 2. The third-order valence-corrected chi connectivity index (χ3v) is 3.52. The third kappa shape index (κ3) is 3.91. The van der Waals surface area contributed by atoms with E-state index < -0.39 is 0 Å². The van der Waals surface area contributed by atoms with Crippen molar-refractivity contribution in [3.63, 3.8) is 0 Å². The Hall–Kier alpha value is -1.67. The zero-order chi connectivity index (χ0) is 14.5. The number of nitrogen functional groups attached to an aromatic ring is 1. The lowest BCUT2D eigenvalue weighted by Gasteiger charge is -2.25.